The second kappa shape index (κ2) is 10.5. The third kappa shape index (κ3) is 4.46. The fraction of sp³-hybridized carbons (Fsp3) is 0.0938. The highest BCUT2D eigenvalue weighted by molar-refractivity contribution is 7.99. The zero-order valence-corrected chi connectivity index (χ0v) is 25.1. The molecule has 0 aliphatic carbocycles. The Bertz CT molecular complexity index is 2390. The lowest BCUT2D eigenvalue weighted by Gasteiger charge is -2.10. The summed E-state index contributed by atoms with van der Waals surface area (Å²) in [7, 11) is 1.60. The highest BCUT2D eigenvalue weighted by atomic mass is 32.2. The molecule has 214 valence electrons. The summed E-state index contributed by atoms with van der Waals surface area (Å²) in [5.74, 6) is 0.724. The van der Waals surface area contributed by atoms with Gasteiger partial charge in [-0.25, -0.2) is 9.97 Å². The number of pyridine rings is 1. The zero-order valence-electron chi connectivity index (χ0n) is 23.5. The lowest BCUT2D eigenvalue weighted by atomic mass is 9.99. The van der Waals surface area contributed by atoms with Crippen LogP contribution < -0.4 is 10.1 Å². The molecule has 0 aliphatic heterocycles. The molecule has 0 radical (unpaired) electrons. The maximum absolute atomic E-state index is 12.6. The molecule has 0 unspecified atom stereocenters. The molecule has 0 saturated carbocycles. The molecule has 0 saturated heterocycles. The molecular weight excluding hydrogens is 593 g/mol. The predicted octanol–water partition coefficient (Wildman–Crippen LogP) is 6.70. The van der Waals surface area contributed by atoms with Crippen LogP contribution in [0.5, 0.6) is 5.75 Å². The maximum Gasteiger partial charge on any atom is 0.234 e. The zero-order chi connectivity index (χ0) is 29.8. The minimum absolute atomic E-state index is 0.155. The predicted molar refractivity (Wildman–Crippen MR) is 175 cm³/mol. The average molecular weight is 615 g/mol. The van der Waals surface area contributed by atoms with Gasteiger partial charge in [0.2, 0.25) is 11.1 Å². The van der Waals surface area contributed by atoms with Gasteiger partial charge in [-0.1, -0.05) is 59.8 Å². The van der Waals surface area contributed by atoms with Crippen molar-refractivity contribution in [2.45, 2.75) is 12.1 Å². The Labute approximate surface area is 258 Å². The van der Waals surface area contributed by atoms with Gasteiger partial charge in [-0.15, -0.1) is 26.6 Å². The quantitative estimate of drug-likeness (QED) is 0.161. The number of anilines is 1. The van der Waals surface area contributed by atoms with Gasteiger partial charge >= 0.3 is 0 Å². The fourth-order valence-corrected chi connectivity index (χ4v) is 6.99. The number of thioether (sulfide) groups is 1. The summed E-state index contributed by atoms with van der Waals surface area (Å²) in [6.07, 6.45) is 1.66. The molecule has 8 rings (SSSR count). The van der Waals surface area contributed by atoms with Gasteiger partial charge < -0.3 is 10.1 Å². The Kier molecular flexibility index (Phi) is 6.31. The number of ether oxygens (including phenoxy) is 1. The Balaban J connectivity index is 1.23. The van der Waals surface area contributed by atoms with Crippen LogP contribution in [0, 0.1) is 6.92 Å². The van der Waals surface area contributed by atoms with Crippen molar-refractivity contribution in [1.82, 2.24) is 34.8 Å². The van der Waals surface area contributed by atoms with E-state index in [1.54, 1.807) is 42.2 Å². The van der Waals surface area contributed by atoms with E-state index in [0.29, 0.717) is 16.5 Å². The molecule has 0 aliphatic rings. The van der Waals surface area contributed by atoms with Crippen LogP contribution in [-0.4, -0.2) is 53.5 Å². The highest BCUT2D eigenvalue weighted by Gasteiger charge is 2.22. The van der Waals surface area contributed by atoms with Crippen molar-refractivity contribution in [3.05, 3.63) is 84.7 Å². The van der Waals surface area contributed by atoms with Crippen LogP contribution in [0.15, 0.2) is 84.3 Å². The van der Waals surface area contributed by atoms with Crippen LogP contribution in [0.3, 0.4) is 0 Å². The van der Waals surface area contributed by atoms with Gasteiger partial charge in [0.15, 0.2) is 5.65 Å². The van der Waals surface area contributed by atoms with E-state index in [2.05, 4.69) is 51.8 Å². The van der Waals surface area contributed by atoms with Crippen LogP contribution in [0.25, 0.3) is 59.1 Å². The summed E-state index contributed by atoms with van der Waals surface area (Å²) < 4.78 is 7.69. The summed E-state index contributed by atoms with van der Waals surface area (Å²) in [6, 6.07) is 23.5. The van der Waals surface area contributed by atoms with Crippen LogP contribution in [-0.2, 0) is 4.79 Å². The summed E-state index contributed by atoms with van der Waals surface area (Å²) in [4.78, 5) is 28.2. The van der Waals surface area contributed by atoms with Gasteiger partial charge in [-0.05, 0) is 42.8 Å². The maximum atomic E-state index is 12.6. The van der Waals surface area contributed by atoms with E-state index in [9.17, 15) is 4.79 Å². The lowest BCUT2D eigenvalue weighted by molar-refractivity contribution is -0.113. The number of rotatable bonds is 6. The van der Waals surface area contributed by atoms with Crippen molar-refractivity contribution in [3.63, 3.8) is 0 Å². The van der Waals surface area contributed by atoms with Crippen molar-refractivity contribution in [2.75, 3.05) is 18.2 Å². The number of amides is 1. The molecule has 0 bridgehead atoms. The molecule has 3 aromatic carbocycles. The number of hydrogen-bond donors (Lipinski definition) is 1. The summed E-state index contributed by atoms with van der Waals surface area (Å²) in [5, 5.41) is 19.0. The fourth-order valence-electron chi connectivity index (χ4n) is 5.25. The Morgan fingerprint density at radius 1 is 0.955 bits per heavy atom. The van der Waals surface area contributed by atoms with Crippen LogP contribution in [0.2, 0.25) is 0 Å². The van der Waals surface area contributed by atoms with Crippen molar-refractivity contribution < 1.29 is 9.53 Å². The van der Waals surface area contributed by atoms with E-state index in [1.165, 1.54) is 28.7 Å². The first-order valence-electron chi connectivity index (χ1n) is 13.7. The highest BCUT2D eigenvalue weighted by Crippen LogP contribution is 2.43. The van der Waals surface area contributed by atoms with Crippen molar-refractivity contribution in [2.24, 2.45) is 0 Å². The number of hydrogen-bond acceptors (Lipinski definition) is 10. The topological polar surface area (TPSA) is 120 Å². The largest absolute Gasteiger partial charge is 0.497 e. The van der Waals surface area contributed by atoms with E-state index < -0.39 is 0 Å². The molecular formula is C32H22N8O2S2. The Morgan fingerprint density at radius 3 is 2.59 bits per heavy atom. The number of aromatic nitrogens is 7. The molecule has 5 heterocycles. The molecule has 10 nitrogen and oxygen atoms in total. The molecule has 44 heavy (non-hydrogen) atoms. The number of carbonyl (C=O) groups excluding carboxylic acids is 1. The summed E-state index contributed by atoms with van der Waals surface area (Å²) >= 11 is 2.79. The molecule has 5 aromatic heterocycles. The average Bonchev–Trinajstić information content (AvgIpc) is 3.65. The van der Waals surface area contributed by atoms with Crippen molar-refractivity contribution in [1.29, 1.82) is 0 Å². The number of aryl methyl sites for hydroxylation is 1. The first-order chi connectivity index (χ1) is 21.6. The second-order valence-corrected chi connectivity index (χ2v) is 12.1. The summed E-state index contributed by atoms with van der Waals surface area (Å²) in [5.41, 5.74) is 7.56. The van der Waals surface area contributed by atoms with Gasteiger partial charge in [0.05, 0.1) is 23.9 Å². The number of fused-ring (bicyclic) bond motifs is 8. The molecule has 1 N–H and O–H groups in total. The molecule has 0 atom stereocenters. The normalized spacial score (nSPS) is 11.7. The van der Waals surface area contributed by atoms with Crippen LogP contribution in [0.4, 0.5) is 5.69 Å². The SMILES string of the molecule is COc1ccc(NC(=O)CSc2nc3c4sc5nc6c(nnc7ccccc76)c(-c6ccc(C)cc6)c5c4ncn3n2)cc1. The minimum Gasteiger partial charge on any atom is -0.497 e. The number of methoxy groups -OCH3 is 1. The minimum atomic E-state index is -0.156. The standard InChI is InChI=1S/C32H22N8O2S2/c1-17-7-9-18(10-8-17)24-25-28-29(44-31(25)35-26-21-5-3-4-6-22(21)37-38-27(24)26)30-36-32(39-40(30)16-33-28)43-15-23(41)34-19-11-13-20(42-2)14-12-19/h3-14,16H,15H2,1-2H3,(H,34,41). The van der Waals surface area contributed by atoms with Crippen LogP contribution >= 0.6 is 23.1 Å². The van der Waals surface area contributed by atoms with Crippen LogP contribution in [0.1, 0.15) is 5.56 Å². The van der Waals surface area contributed by atoms with Gasteiger partial charge in [0, 0.05) is 22.0 Å². The Hall–Kier alpha value is -5.20. The molecule has 12 heteroatoms. The van der Waals surface area contributed by atoms with E-state index in [-0.39, 0.29) is 11.7 Å². The third-order valence-electron chi connectivity index (χ3n) is 7.36. The van der Waals surface area contributed by atoms with Gasteiger partial charge in [0.25, 0.3) is 0 Å². The molecule has 8 aromatic rings. The number of benzene rings is 3. The number of nitrogens with zero attached hydrogens (tertiary/aromatic N) is 7. The molecule has 0 fully saturated rings. The van der Waals surface area contributed by atoms with Gasteiger partial charge in [-0.3, -0.25) is 4.79 Å². The van der Waals surface area contributed by atoms with Crippen molar-refractivity contribution in [3.8, 4) is 16.9 Å². The third-order valence-corrected chi connectivity index (χ3v) is 9.27. The smallest absolute Gasteiger partial charge is 0.234 e. The first kappa shape index (κ1) is 26.4. The van der Waals surface area contributed by atoms with E-state index in [1.807, 2.05) is 24.3 Å². The number of nitrogens with one attached hydrogen (secondary N) is 1. The lowest BCUT2D eigenvalue weighted by Crippen LogP contribution is -2.14. The first-order valence-corrected chi connectivity index (χ1v) is 15.5. The van der Waals surface area contributed by atoms with Gasteiger partial charge in [0.1, 0.15) is 32.6 Å². The van der Waals surface area contributed by atoms with Crippen molar-refractivity contribution >= 4 is 82.7 Å². The monoisotopic (exact) mass is 614 g/mol. The number of thiophene rings is 1. The van der Waals surface area contributed by atoms with E-state index in [4.69, 9.17) is 19.7 Å². The van der Waals surface area contributed by atoms with E-state index in [0.717, 1.165) is 59.2 Å². The van der Waals surface area contributed by atoms with E-state index >= 15 is 0 Å². The Morgan fingerprint density at radius 2 is 1.77 bits per heavy atom. The molecule has 1 amide bonds. The summed E-state index contributed by atoms with van der Waals surface area (Å²) in [6.45, 7) is 2.07. The molecule has 0 spiro atoms. The number of carbonyl (C=O) groups is 1. The second-order valence-electron chi connectivity index (χ2n) is 10.2. The van der Waals surface area contributed by atoms with Gasteiger partial charge in [-0.2, -0.15) is 9.50 Å².